The molecular weight excluding hydrogens is 324 g/mol. The second-order valence-corrected chi connectivity index (χ2v) is 6.61. The molecule has 0 aromatic heterocycles. The minimum Gasteiger partial charge on any atom is -0.477 e. The van der Waals surface area contributed by atoms with Crippen LogP contribution in [0.25, 0.3) is 0 Å². The molecule has 1 fully saturated rings. The molecule has 0 heterocycles. The Morgan fingerprint density at radius 2 is 2.04 bits per heavy atom. The number of carbonyl (C=O) groups is 1. The molecule has 0 saturated heterocycles. The molecule has 25 heavy (non-hydrogen) atoms. The van der Waals surface area contributed by atoms with Gasteiger partial charge in [-0.3, -0.25) is 0 Å². The summed E-state index contributed by atoms with van der Waals surface area (Å²) in [5.41, 5.74) is 0. The van der Waals surface area contributed by atoms with Crippen LogP contribution < -0.4 is 0 Å². The van der Waals surface area contributed by atoms with E-state index in [2.05, 4.69) is 12.2 Å². The highest BCUT2D eigenvalue weighted by molar-refractivity contribution is 5.75. The van der Waals surface area contributed by atoms with E-state index < -0.39 is 17.9 Å². The number of unbranched alkanes of at least 4 members (excludes halogenated alkanes) is 1. The van der Waals surface area contributed by atoms with Gasteiger partial charge in [-0.2, -0.15) is 0 Å². The Balaban J connectivity index is 2.33. The Bertz CT molecular complexity index is 443. The zero-order valence-electron chi connectivity index (χ0n) is 15.0. The smallest absolute Gasteiger partial charge is 0.366 e. The van der Waals surface area contributed by atoms with E-state index in [1.807, 2.05) is 13.0 Å². The van der Waals surface area contributed by atoms with Gasteiger partial charge < -0.3 is 25.2 Å². The summed E-state index contributed by atoms with van der Waals surface area (Å²) in [5.74, 6) is -3.86. The number of ether oxygens (including phenoxy) is 1. The van der Waals surface area contributed by atoms with Gasteiger partial charge in [-0.05, 0) is 57.3 Å². The molecule has 1 aliphatic rings. The molecule has 0 bridgehead atoms. The normalized spacial score (nSPS) is 22.9. The van der Waals surface area contributed by atoms with Crippen LogP contribution in [0.5, 0.6) is 0 Å². The largest absolute Gasteiger partial charge is 0.477 e. The lowest BCUT2D eigenvalue weighted by Gasteiger charge is -2.21. The first-order chi connectivity index (χ1) is 11.9. The number of hydrogen-bond acceptors (Lipinski definition) is 5. The summed E-state index contributed by atoms with van der Waals surface area (Å²) in [6.45, 7) is 3.55. The summed E-state index contributed by atoms with van der Waals surface area (Å²) in [4.78, 5) is 10.6. The van der Waals surface area contributed by atoms with Crippen LogP contribution in [-0.4, -0.2) is 51.5 Å². The third kappa shape index (κ3) is 7.69. The molecule has 4 N–H and O–H groups in total. The lowest BCUT2D eigenvalue weighted by Crippen LogP contribution is -2.49. The summed E-state index contributed by atoms with van der Waals surface area (Å²) in [5, 5.41) is 36.7. The van der Waals surface area contributed by atoms with Crippen LogP contribution in [0, 0.1) is 11.8 Å². The van der Waals surface area contributed by atoms with E-state index >= 15 is 0 Å². The van der Waals surface area contributed by atoms with Gasteiger partial charge in [0, 0.05) is 13.2 Å². The van der Waals surface area contributed by atoms with E-state index in [9.17, 15) is 20.1 Å². The molecule has 0 radical (unpaired) electrons. The van der Waals surface area contributed by atoms with Crippen LogP contribution in [0.1, 0.15) is 51.9 Å². The monoisotopic (exact) mass is 356 g/mol. The maximum Gasteiger partial charge on any atom is 0.366 e. The van der Waals surface area contributed by atoms with Crippen molar-refractivity contribution in [2.75, 3.05) is 13.2 Å². The average Bonchev–Trinajstić information content (AvgIpc) is 3.01. The van der Waals surface area contributed by atoms with Crippen LogP contribution in [0.15, 0.2) is 24.3 Å². The van der Waals surface area contributed by atoms with Gasteiger partial charge in [0.25, 0.3) is 5.79 Å². The van der Waals surface area contributed by atoms with E-state index in [1.54, 1.807) is 6.08 Å². The van der Waals surface area contributed by atoms with E-state index in [-0.39, 0.29) is 6.42 Å². The van der Waals surface area contributed by atoms with Crippen molar-refractivity contribution >= 4 is 5.97 Å². The molecule has 3 atom stereocenters. The van der Waals surface area contributed by atoms with Crippen LogP contribution in [0.3, 0.4) is 0 Å². The number of hydrogen-bond donors (Lipinski definition) is 4. The van der Waals surface area contributed by atoms with Gasteiger partial charge in [-0.15, -0.1) is 0 Å². The molecule has 6 nitrogen and oxygen atoms in total. The Morgan fingerprint density at radius 1 is 1.28 bits per heavy atom. The van der Waals surface area contributed by atoms with Crippen molar-refractivity contribution in [3.8, 4) is 0 Å². The van der Waals surface area contributed by atoms with Crippen molar-refractivity contribution in [3.63, 3.8) is 0 Å². The summed E-state index contributed by atoms with van der Waals surface area (Å²) in [6.07, 6.45) is 12.6. The number of carboxylic acid groups (broad SMARTS) is 1. The third-order valence-electron chi connectivity index (χ3n) is 4.71. The molecule has 0 aliphatic heterocycles. The standard InChI is InChI=1S/C19H32O6/c1-2-25-14-7-3-4-9-15-11-8-12-16(15)10-5-6-13-17(20)19(23,24)18(21)22/h4-6,9,15-17,20,23-24H,2-3,7-8,10-14H2,1H3,(H,21,22)/b6-5-,9-4+/t15-,16-,17?/m0/s1. The summed E-state index contributed by atoms with van der Waals surface area (Å²) >= 11 is 0. The number of aliphatic carboxylic acids is 1. The first kappa shape index (κ1) is 21.8. The van der Waals surface area contributed by atoms with Crippen molar-refractivity contribution in [1.29, 1.82) is 0 Å². The minimum atomic E-state index is -3.11. The zero-order valence-corrected chi connectivity index (χ0v) is 15.0. The maximum atomic E-state index is 10.6. The Hall–Kier alpha value is -1.21. The van der Waals surface area contributed by atoms with Crippen molar-refractivity contribution < 1.29 is 30.0 Å². The molecule has 0 amide bonds. The van der Waals surface area contributed by atoms with Gasteiger partial charge in [-0.1, -0.05) is 30.7 Å². The second-order valence-electron chi connectivity index (χ2n) is 6.61. The Labute approximate surface area is 149 Å². The van der Waals surface area contributed by atoms with Gasteiger partial charge in [0.05, 0.1) is 0 Å². The zero-order chi connectivity index (χ0) is 18.7. The number of rotatable bonds is 12. The summed E-state index contributed by atoms with van der Waals surface area (Å²) in [7, 11) is 0. The molecule has 0 spiro atoms. The predicted molar refractivity (Wildman–Crippen MR) is 94.9 cm³/mol. The summed E-state index contributed by atoms with van der Waals surface area (Å²) in [6, 6.07) is 0. The van der Waals surface area contributed by atoms with Crippen molar-refractivity contribution in [2.24, 2.45) is 11.8 Å². The first-order valence-corrected chi connectivity index (χ1v) is 9.15. The molecule has 6 heteroatoms. The Morgan fingerprint density at radius 3 is 2.72 bits per heavy atom. The molecule has 0 aromatic carbocycles. The molecule has 1 saturated carbocycles. The van der Waals surface area contributed by atoms with Gasteiger partial charge in [0.1, 0.15) is 6.10 Å². The quantitative estimate of drug-likeness (QED) is 0.243. The fraction of sp³-hybridized carbons (Fsp3) is 0.737. The molecular formula is C19H32O6. The summed E-state index contributed by atoms with van der Waals surface area (Å²) < 4.78 is 5.31. The van der Waals surface area contributed by atoms with Gasteiger partial charge in [-0.25, -0.2) is 4.79 Å². The van der Waals surface area contributed by atoms with E-state index in [0.29, 0.717) is 11.8 Å². The van der Waals surface area contributed by atoms with Crippen molar-refractivity contribution in [1.82, 2.24) is 0 Å². The molecule has 1 aliphatic carbocycles. The molecule has 1 unspecified atom stereocenters. The third-order valence-corrected chi connectivity index (χ3v) is 4.71. The number of aliphatic hydroxyl groups is 3. The number of allylic oxidation sites excluding steroid dienone is 3. The highest BCUT2D eigenvalue weighted by Crippen LogP contribution is 2.35. The second kappa shape index (κ2) is 11.4. The van der Waals surface area contributed by atoms with Gasteiger partial charge in [0.2, 0.25) is 0 Å². The SMILES string of the molecule is CCOCCC/C=C/[C@H]1CCC[C@@H]1C/C=C\CC(O)C(O)(O)C(=O)O. The lowest BCUT2D eigenvalue weighted by molar-refractivity contribution is -0.235. The average molecular weight is 356 g/mol. The van der Waals surface area contributed by atoms with Crippen LogP contribution in [0.4, 0.5) is 0 Å². The van der Waals surface area contributed by atoms with Crippen molar-refractivity contribution in [3.05, 3.63) is 24.3 Å². The van der Waals surface area contributed by atoms with E-state index in [1.165, 1.54) is 12.8 Å². The molecule has 144 valence electrons. The van der Waals surface area contributed by atoms with Crippen LogP contribution in [0.2, 0.25) is 0 Å². The number of carboxylic acids is 1. The highest BCUT2D eigenvalue weighted by atomic mass is 16.6. The molecule has 0 aromatic rings. The fourth-order valence-corrected chi connectivity index (χ4v) is 3.13. The minimum absolute atomic E-state index is 0.107. The number of aliphatic hydroxyl groups excluding tert-OH is 1. The topological polar surface area (TPSA) is 107 Å². The van der Waals surface area contributed by atoms with Gasteiger partial charge >= 0.3 is 5.97 Å². The highest BCUT2D eigenvalue weighted by Gasteiger charge is 2.40. The van der Waals surface area contributed by atoms with Gasteiger partial charge in [0.15, 0.2) is 0 Å². The predicted octanol–water partition coefficient (Wildman–Crippen LogP) is 2.24. The Kier molecular flexibility index (Phi) is 9.97. The van der Waals surface area contributed by atoms with Crippen molar-refractivity contribution in [2.45, 2.75) is 63.8 Å². The van der Waals surface area contributed by atoms with E-state index in [4.69, 9.17) is 9.84 Å². The van der Waals surface area contributed by atoms with Crippen LogP contribution in [-0.2, 0) is 9.53 Å². The van der Waals surface area contributed by atoms with E-state index in [0.717, 1.165) is 38.9 Å². The first-order valence-electron chi connectivity index (χ1n) is 9.15. The molecule has 1 rings (SSSR count). The lowest BCUT2D eigenvalue weighted by atomic mass is 9.92. The van der Waals surface area contributed by atoms with Crippen LogP contribution >= 0.6 is 0 Å². The maximum absolute atomic E-state index is 10.6. The fourth-order valence-electron chi connectivity index (χ4n) is 3.13.